The number of carboxylic acids is 1. The molecule has 118 valence electrons. The van der Waals surface area contributed by atoms with Gasteiger partial charge in [0.25, 0.3) is 0 Å². The minimum atomic E-state index is -0.754. The summed E-state index contributed by atoms with van der Waals surface area (Å²) in [6.07, 6.45) is 1.22. The second-order valence-corrected chi connectivity index (χ2v) is 6.22. The number of piperidine rings is 1. The fourth-order valence-electron chi connectivity index (χ4n) is 3.53. The van der Waals surface area contributed by atoms with E-state index < -0.39 is 5.97 Å². The normalized spacial score (nSPS) is 27.7. The Bertz CT molecular complexity index is 586. The highest BCUT2D eigenvalue weighted by molar-refractivity contribution is 5.85. The maximum absolute atomic E-state index is 12.9. The second kappa shape index (κ2) is 5.99. The summed E-state index contributed by atoms with van der Waals surface area (Å²) in [5, 5.41) is 9.19. The van der Waals surface area contributed by atoms with E-state index in [1.54, 1.807) is 0 Å². The van der Waals surface area contributed by atoms with E-state index in [0.29, 0.717) is 32.5 Å². The van der Waals surface area contributed by atoms with E-state index in [9.17, 15) is 14.7 Å². The van der Waals surface area contributed by atoms with Crippen molar-refractivity contribution < 1.29 is 19.4 Å². The summed E-state index contributed by atoms with van der Waals surface area (Å²) < 4.78 is 5.61. The van der Waals surface area contributed by atoms with Crippen LogP contribution in [-0.2, 0) is 9.59 Å². The van der Waals surface area contributed by atoms with Crippen molar-refractivity contribution in [2.75, 3.05) is 19.7 Å². The lowest BCUT2D eigenvalue weighted by molar-refractivity contribution is -0.148. The molecule has 1 aromatic rings. The van der Waals surface area contributed by atoms with Crippen LogP contribution in [0.15, 0.2) is 24.3 Å². The first-order valence-electron chi connectivity index (χ1n) is 7.81. The number of carbonyl (C=O) groups excluding carboxylic acids is 1. The average molecular weight is 303 g/mol. The lowest BCUT2D eigenvalue weighted by atomic mass is 9.85. The zero-order chi connectivity index (χ0) is 15.7. The molecule has 2 aliphatic heterocycles. The van der Waals surface area contributed by atoms with E-state index in [0.717, 1.165) is 11.3 Å². The third-order valence-electron chi connectivity index (χ3n) is 4.79. The molecule has 1 amide bonds. The van der Waals surface area contributed by atoms with Crippen molar-refractivity contribution in [3.63, 3.8) is 0 Å². The van der Waals surface area contributed by atoms with Crippen LogP contribution in [0, 0.1) is 11.8 Å². The molecule has 0 saturated carbocycles. The molecule has 0 bridgehead atoms. The van der Waals surface area contributed by atoms with Crippen molar-refractivity contribution in [3.8, 4) is 5.75 Å². The van der Waals surface area contributed by atoms with Crippen LogP contribution >= 0.6 is 0 Å². The van der Waals surface area contributed by atoms with Crippen LogP contribution in [0.25, 0.3) is 0 Å². The van der Waals surface area contributed by atoms with Crippen molar-refractivity contribution in [1.82, 2.24) is 4.90 Å². The number of hydrogen-bond donors (Lipinski definition) is 1. The van der Waals surface area contributed by atoms with Gasteiger partial charge in [-0.05, 0) is 24.8 Å². The SMILES string of the molecule is CC1CN(C(=O)C2CCOc3ccccc32)CCC1C(=O)O. The van der Waals surface area contributed by atoms with Crippen LogP contribution in [0.4, 0.5) is 0 Å². The molecule has 0 aliphatic carbocycles. The fourth-order valence-corrected chi connectivity index (χ4v) is 3.53. The number of ether oxygens (including phenoxy) is 1. The second-order valence-electron chi connectivity index (χ2n) is 6.22. The standard InChI is InChI=1S/C17H21NO4/c1-11-10-18(8-6-12(11)17(20)21)16(19)14-7-9-22-15-5-3-2-4-13(14)15/h2-5,11-12,14H,6-10H2,1H3,(H,20,21). The van der Waals surface area contributed by atoms with E-state index in [1.165, 1.54) is 0 Å². The Labute approximate surface area is 129 Å². The van der Waals surface area contributed by atoms with Crippen molar-refractivity contribution >= 4 is 11.9 Å². The van der Waals surface area contributed by atoms with E-state index in [1.807, 2.05) is 36.1 Å². The van der Waals surface area contributed by atoms with E-state index in [-0.39, 0.29) is 23.7 Å². The first-order valence-corrected chi connectivity index (χ1v) is 7.81. The molecular formula is C17H21NO4. The summed E-state index contributed by atoms with van der Waals surface area (Å²) in [7, 11) is 0. The summed E-state index contributed by atoms with van der Waals surface area (Å²) in [5.41, 5.74) is 0.951. The Balaban J connectivity index is 1.75. The number of rotatable bonds is 2. The van der Waals surface area contributed by atoms with Crippen molar-refractivity contribution in [2.45, 2.75) is 25.7 Å². The minimum Gasteiger partial charge on any atom is -0.493 e. The van der Waals surface area contributed by atoms with Gasteiger partial charge in [0.1, 0.15) is 5.75 Å². The molecule has 0 spiro atoms. The molecule has 1 N–H and O–H groups in total. The lowest BCUT2D eigenvalue weighted by Crippen LogP contribution is -2.47. The van der Waals surface area contributed by atoms with Crippen LogP contribution in [0.1, 0.15) is 31.2 Å². The number of carboxylic acid groups (broad SMARTS) is 1. The van der Waals surface area contributed by atoms with Gasteiger partial charge in [-0.25, -0.2) is 0 Å². The lowest BCUT2D eigenvalue weighted by Gasteiger charge is -2.37. The summed E-state index contributed by atoms with van der Waals surface area (Å²) in [6, 6.07) is 7.68. The highest BCUT2D eigenvalue weighted by Crippen LogP contribution is 2.35. The van der Waals surface area contributed by atoms with E-state index in [4.69, 9.17) is 4.74 Å². The maximum Gasteiger partial charge on any atom is 0.306 e. The van der Waals surface area contributed by atoms with Gasteiger partial charge < -0.3 is 14.7 Å². The van der Waals surface area contributed by atoms with Crippen molar-refractivity contribution in [3.05, 3.63) is 29.8 Å². The Morgan fingerprint density at radius 3 is 2.77 bits per heavy atom. The van der Waals surface area contributed by atoms with Gasteiger partial charge in [0.15, 0.2) is 0 Å². The van der Waals surface area contributed by atoms with Crippen LogP contribution in [0.2, 0.25) is 0 Å². The molecule has 5 heteroatoms. The van der Waals surface area contributed by atoms with Crippen LogP contribution in [0.3, 0.4) is 0 Å². The third kappa shape index (κ3) is 2.67. The first kappa shape index (κ1) is 14.9. The summed E-state index contributed by atoms with van der Waals surface area (Å²) >= 11 is 0. The highest BCUT2D eigenvalue weighted by Gasteiger charge is 2.37. The number of fused-ring (bicyclic) bond motifs is 1. The molecule has 1 saturated heterocycles. The van der Waals surface area contributed by atoms with Gasteiger partial charge >= 0.3 is 5.97 Å². The molecule has 2 aliphatic rings. The quantitative estimate of drug-likeness (QED) is 0.909. The number of amides is 1. The van der Waals surface area contributed by atoms with Crippen molar-refractivity contribution in [2.24, 2.45) is 11.8 Å². The molecular weight excluding hydrogens is 282 g/mol. The number of aliphatic carboxylic acids is 1. The largest absolute Gasteiger partial charge is 0.493 e. The Morgan fingerprint density at radius 2 is 2.05 bits per heavy atom. The molecule has 1 aromatic carbocycles. The number of benzene rings is 1. The molecule has 0 aromatic heterocycles. The molecule has 1 fully saturated rings. The topological polar surface area (TPSA) is 66.8 Å². The third-order valence-corrected chi connectivity index (χ3v) is 4.79. The predicted octanol–water partition coefficient (Wildman–Crippen LogP) is 2.12. The molecule has 3 atom stereocenters. The summed E-state index contributed by atoms with van der Waals surface area (Å²) in [6.45, 7) is 3.51. The number of hydrogen-bond acceptors (Lipinski definition) is 3. The van der Waals surface area contributed by atoms with Crippen LogP contribution in [-0.4, -0.2) is 41.6 Å². The van der Waals surface area contributed by atoms with Gasteiger partial charge in [0.2, 0.25) is 5.91 Å². The minimum absolute atomic E-state index is 0.00900. The smallest absolute Gasteiger partial charge is 0.306 e. The van der Waals surface area contributed by atoms with Crippen molar-refractivity contribution in [1.29, 1.82) is 0 Å². The first-order chi connectivity index (χ1) is 10.6. The van der Waals surface area contributed by atoms with E-state index in [2.05, 4.69) is 0 Å². The van der Waals surface area contributed by atoms with Gasteiger partial charge in [-0.2, -0.15) is 0 Å². The van der Waals surface area contributed by atoms with Gasteiger partial charge in [-0.15, -0.1) is 0 Å². The zero-order valence-corrected chi connectivity index (χ0v) is 12.7. The number of nitrogens with zero attached hydrogens (tertiary/aromatic N) is 1. The Hall–Kier alpha value is -2.04. The fraction of sp³-hybridized carbons (Fsp3) is 0.529. The number of carbonyl (C=O) groups is 2. The molecule has 2 heterocycles. The Morgan fingerprint density at radius 1 is 1.27 bits per heavy atom. The molecule has 22 heavy (non-hydrogen) atoms. The van der Waals surface area contributed by atoms with E-state index >= 15 is 0 Å². The average Bonchev–Trinajstić information content (AvgIpc) is 2.53. The molecule has 3 unspecified atom stereocenters. The number of likely N-dealkylation sites (tertiary alicyclic amines) is 1. The van der Waals surface area contributed by atoms with Gasteiger partial charge in [0.05, 0.1) is 18.4 Å². The zero-order valence-electron chi connectivity index (χ0n) is 12.7. The molecule has 5 nitrogen and oxygen atoms in total. The highest BCUT2D eigenvalue weighted by atomic mass is 16.5. The Kier molecular flexibility index (Phi) is 4.05. The number of para-hydroxylation sites is 1. The monoisotopic (exact) mass is 303 g/mol. The molecule has 0 radical (unpaired) electrons. The van der Waals surface area contributed by atoms with Gasteiger partial charge in [0, 0.05) is 18.7 Å². The van der Waals surface area contributed by atoms with Gasteiger partial charge in [-0.1, -0.05) is 25.1 Å². The maximum atomic E-state index is 12.9. The summed E-state index contributed by atoms with van der Waals surface area (Å²) in [4.78, 5) is 25.9. The van der Waals surface area contributed by atoms with Crippen LogP contribution in [0.5, 0.6) is 5.75 Å². The van der Waals surface area contributed by atoms with Gasteiger partial charge in [-0.3, -0.25) is 9.59 Å². The van der Waals surface area contributed by atoms with Crippen LogP contribution < -0.4 is 4.74 Å². The molecule has 3 rings (SSSR count). The summed E-state index contributed by atoms with van der Waals surface area (Å²) in [5.74, 6) is -0.377. The predicted molar refractivity (Wildman–Crippen MR) is 80.8 cm³/mol.